The van der Waals surface area contributed by atoms with Gasteiger partial charge in [0, 0.05) is 25.5 Å². The highest BCUT2D eigenvalue weighted by Gasteiger charge is 2.07. The molecule has 5 nitrogen and oxygen atoms in total. The van der Waals surface area contributed by atoms with E-state index in [1.165, 1.54) is 23.9 Å². The third kappa shape index (κ3) is 5.54. The molecule has 0 aliphatic heterocycles. The van der Waals surface area contributed by atoms with Gasteiger partial charge in [0.2, 0.25) is 0 Å². The fourth-order valence-corrected chi connectivity index (χ4v) is 2.69. The van der Waals surface area contributed by atoms with E-state index in [0.29, 0.717) is 18.7 Å². The number of ether oxygens (including phenoxy) is 1. The van der Waals surface area contributed by atoms with E-state index in [-0.39, 0.29) is 11.7 Å². The monoisotopic (exact) mass is 379 g/mol. The number of methoxy groups -OCH3 is 1. The van der Waals surface area contributed by atoms with Crippen LogP contribution in [0.4, 0.5) is 10.1 Å². The molecule has 1 heterocycles. The van der Waals surface area contributed by atoms with Gasteiger partial charge in [-0.3, -0.25) is 9.78 Å². The average Bonchev–Trinajstić information content (AvgIpc) is 2.74. The number of hydrogen-bond donors (Lipinski definition) is 2. The summed E-state index contributed by atoms with van der Waals surface area (Å²) < 4.78 is 18.1. The number of rotatable bonds is 8. The van der Waals surface area contributed by atoms with Crippen molar-refractivity contribution in [2.45, 2.75) is 13.0 Å². The maximum absolute atomic E-state index is 12.9. The molecular weight excluding hydrogens is 357 g/mol. The van der Waals surface area contributed by atoms with Crippen LogP contribution in [0.1, 0.15) is 21.5 Å². The summed E-state index contributed by atoms with van der Waals surface area (Å²) in [5.74, 6) is 0.309. The molecular formula is C22H22FN3O2. The van der Waals surface area contributed by atoms with E-state index in [9.17, 15) is 9.18 Å². The van der Waals surface area contributed by atoms with Crippen LogP contribution >= 0.6 is 0 Å². The Morgan fingerprint density at radius 3 is 2.46 bits per heavy atom. The third-order valence-corrected chi connectivity index (χ3v) is 4.27. The van der Waals surface area contributed by atoms with Gasteiger partial charge in [-0.05, 0) is 47.9 Å². The Labute approximate surface area is 163 Å². The molecule has 1 amide bonds. The number of carbonyl (C=O) groups is 1. The number of halogens is 1. The Hall–Kier alpha value is -3.41. The van der Waals surface area contributed by atoms with Crippen molar-refractivity contribution >= 4 is 11.6 Å². The summed E-state index contributed by atoms with van der Waals surface area (Å²) in [6, 6.07) is 15.7. The van der Waals surface area contributed by atoms with E-state index in [1.807, 2.05) is 24.3 Å². The van der Waals surface area contributed by atoms with E-state index in [0.717, 1.165) is 23.4 Å². The van der Waals surface area contributed by atoms with Crippen molar-refractivity contribution in [2.75, 3.05) is 19.0 Å². The number of anilines is 1. The maximum Gasteiger partial charge on any atom is 0.253 e. The van der Waals surface area contributed by atoms with Crippen LogP contribution in [0, 0.1) is 5.82 Å². The highest BCUT2D eigenvalue weighted by molar-refractivity contribution is 5.94. The van der Waals surface area contributed by atoms with E-state index >= 15 is 0 Å². The van der Waals surface area contributed by atoms with E-state index in [1.54, 1.807) is 31.5 Å². The molecule has 0 atom stereocenters. The van der Waals surface area contributed by atoms with Crippen molar-refractivity contribution in [1.29, 1.82) is 0 Å². The predicted molar refractivity (Wildman–Crippen MR) is 107 cm³/mol. The highest BCUT2D eigenvalue weighted by atomic mass is 19.1. The molecule has 1 aromatic heterocycles. The second-order valence-corrected chi connectivity index (χ2v) is 6.30. The number of aromatic nitrogens is 1. The Kier molecular flexibility index (Phi) is 6.57. The molecule has 0 radical (unpaired) electrons. The van der Waals surface area contributed by atoms with Crippen molar-refractivity contribution in [3.8, 4) is 5.75 Å². The van der Waals surface area contributed by atoms with Crippen molar-refractivity contribution in [1.82, 2.24) is 10.3 Å². The smallest absolute Gasteiger partial charge is 0.253 e. The lowest BCUT2D eigenvalue weighted by Crippen LogP contribution is -2.23. The van der Waals surface area contributed by atoms with Crippen LogP contribution in [-0.2, 0) is 13.0 Å². The number of pyridine rings is 1. The number of carbonyl (C=O) groups excluding carboxylic acids is 1. The molecule has 0 spiro atoms. The fraction of sp³-hybridized carbons (Fsp3) is 0.182. The van der Waals surface area contributed by atoms with E-state index in [4.69, 9.17) is 4.74 Å². The lowest BCUT2D eigenvalue weighted by Gasteiger charge is -2.09. The quantitative estimate of drug-likeness (QED) is 0.625. The van der Waals surface area contributed by atoms with E-state index in [2.05, 4.69) is 15.6 Å². The molecule has 0 unspecified atom stereocenters. The molecule has 0 aliphatic carbocycles. The minimum Gasteiger partial charge on any atom is -0.497 e. The zero-order valence-corrected chi connectivity index (χ0v) is 15.6. The first-order valence-electron chi connectivity index (χ1n) is 8.98. The summed E-state index contributed by atoms with van der Waals surface area (Å²) in [6.07, 6.45) is 4.05. The topological polar surface area (TPSA) is 63.2 Å². The minimum absolute atomic E-state index is 0.226. The molecule has 144 valence electrons. The lowest BCUT2D eigenvalue weighted by molar-refractivity contribution is 0.0950. The average molecular weight is 379 g/mol. The zero-order valence-electron chi connectivity index (χ0n) is 15.6. The van der Waals surface area contributed by atoms with Crippen LogP contribution in [-0.4, -0.2) is 24.5 Å². The largest absolute Gasteiger partial charge is 0.497 e. The summed E-state index contributed by atoms with van der Waals surface area (Å²) in [6.45, 7) is 1.04. The van der Waals surface area contributed by atoms with Gasteiger partial charge in [-0.25, -0.2) is 4.39 Å². The van der Waals surface area contributed by atoms with Gasteiger partial charge in [0.05, 0.1) is 18.4 Å². The zero-order chi connectivity index (χ0) is 19.8. The van der Waals surface area contributed by atoms with Crippen molar-refractivity contribution in [3.63, 3.8) is 0 Å². The standard InChI is InChI=1S/C22H22FN3O2/c1-28-21-8-4-16(5-9-21)10-11-25-20-12-18(14-24-15-20)22(27)26-13-17-2-6-19(23)7-3-17/h2-9,12,14-15,25H,10-11,13H2,1H3,(H,26,27). The minimum atomic E-state index is -0.298. The molecule has 28 heavy (non-hydrogen) atoms. The molecule has 3 rings (SSSR count). The first kappa shape index (κ1) is 19.4. The molecule has 0 saturated heterocycles. The van der Waals surface area contributed by atoms with Crippen molar-refractivity contribution in [3.05, 3.63) is 89.5 Å². The van der Waals surface area contributed by atoms with Gasteiger partial charge in [-0.1, -0.05) is 24.3 Å². The number of amides is 1. The van der Waals surface area contributed by atoms with Crippen LogP contribution < -0.4 is 15.4 Å². The second kappa shape index (κ2) is 9.50. The van der Waals surface area contributed by atoms with Gasteiger partial charge >= 0.3 is 0 Å². The summed E-state index contributed by atoms with van der Waals surface area (Å²) in [7, 11) is 1.65. The summed E-state index contributed by atoms with van der Waals surface area (Å²) in [4.78, 5) is 16.5. The molecule has 0 saturated carbocycles. The molecule has 0 bridgehead atoms. The van der Waals surface area contributed by atoms with Gasteiger partial charge in [-0.15, -0.1) is 0 Å². The summed E-state index contributed by atoms with van der Waals surface area (Å²) in [5.41, 5.74) is 3.27. The van der Waals surface area contributed by atoms with Crippen LogP contribution in [0.15, 0.2) is 67.0 Å². The maximum atomic E-state index is 12.9. The molecule has 2 aromatic carbocycles. The lowest BCUT2D eigenvalue weighted by atomic mass is 10.1. The number of nitrogens with one attached hydrogen (secondary N) is 2. The van der Waals surface area contributed by atoms with Gasteiger partial charge in [-0.2, -0.15) is 0 Å². The van der Waals surface area contributed by atoms with Crippen LogP contribution in [0.5, 0.6) is 5.75 Å². The van der Waals surface area contributed by atoms with E-state index < -0.39 is 0 Å². The predicted octanol–water partition coefficient (Wildman–Crippen LogP) is 3.81. The Balaban J connectivity index is 1.50. The summed E-state index contributed by atoms with van der Waals surface area (Å²) >= 11 is 0. The van der Waals surface area contributed by atoms with Gasteiger partial charge in [0.15, 0.2) is 0 Å². The Bertz CT molecular complexity index is 912. The first-order valence-corrected chi connectivity index (χ1v) is 8.98. The number of benzene rings is 2. The highest BCUT2D eigenvalue weighted by Crippen LogP contribution is 2.13. The van der Waals surface area contributed by atoms with Crippen LogP contribution in [0.25, 0.3) is 0 Å². The van der Waals surface area contributed by atoms with Crippen molar-refractivity contribution in [2.24, 2.45) is 0 Å². The SMILES string of the molecule is COc1ccc(CCNc2cncc(C(=O)NCc3ccc(F)cc3)c2)cc1. The van der Waals surface area contributed by atoms with Gasteiger partial charge in [0.25, 0.3) is 5.91 Å². The number of hydrogen-bond acceptors (Lipinski definition) is 4. The molecule has 0 aliphatic rings. The molecule has 3 aromatic rings. The van der Waals surface area contributed by atoms with Crippen LogP contribution in [0.3, 0.4) is 0 Å². The van der Waals surface area contributed by atoms with Gasteiger partial charge < -0.3 is 15.4 Å². The summed E-state index contributed by atoms with van der Waals surface area (Å²) in [5, 5.41) is 6.10. The number of nitrogens with zero attached hydrogens (tertiary/aromatic N) is 1. The van der Waals surface area contributed by atoms with Crippen molar-refractivity contribution < 1.29 is 13.9 Å². The molecule has 2 N–H and O–H groups in total. The normalized spacial score (nSPS) is 10.4. The van der Waals surface area contributed by atoms with Crippen LogP contribution in [0.2, 0.25) is 0 Å². The third-order valence-electron chi connectivity index (χ3n) is 4.27. The Morgan fingerprint density at radius 1 is 1.04 bits per heavy atom. The first-order chi connectivity index (χ1) is 13.6. The molecule has 6 heteroatoms. The van der Waals surface area contributed by atoms with Gasteiger partial charge in [0.1, 0.15) is 11.6 Å². The Morgan fingerprint density at radius 2 is 1.75 bits per heavy atom. The second-order valence-electron chi connectivity index (χ2n) is 6.30. The molecule has 0 fully saturated rings. The fourth-order valence-electron chi connectivity index (χ4n) is 2.69.